The lowest BCUT2D eigenvalue weighted by Gasteiger charge is -2.50. The van der Waals surface area contributed by atoms with Crippen molar-refractivity contribution in [3.05, 3.63) is 35.6 Å². The molecular weight excluding hydrogens is 365 g/mol. The number of ether oxygens (including phenoxy) is 1. The summed E-state index contributed by atoms with van der Waals surface area (Å²) in [7, 11) is 1.70. The van der Waals surface area contributed by atoms with Crippen LogP contribution in [0.2, 0.25) is 0 Å². The van der Waals surface area contributed by atoms with Crippen LogP contribution in [0.1, 0.15) is 48.9 Å². The van der Waals surface area contributed by atoms with Crippen LogP contribution in [0.5, 0.6) is 0 Å². The molecule has 1 amide bonds. The summed E-state index contributed by atoms with van der Waals surface area (Å²) >= 11 is 5.64. The van der Waals surface area contributed by atoms with Crippen molar-refractivity contribution < 1.29 is 13.9 Å². The predicted octanol–water partition coefficient (Wildman–Crippen LogP) is 2.85. The smallest absolute Gasteiger partial charge is 0.251 e. The van der Waals surface area contributed by atoms with E-state index in [0.717, 1.165) is 50.4 Å². The monoisotopic (exact) mass is 393 g/mol. The third-order valence-electron chi connectivity index (χ3n) is 5.45. The average Bonchev–Trinajstić information content (AvgIpc) is 2.65. The van der Waals surface area contributed by atoms with Gasteiger partial charge < -0.3 is 20.3 Å². The first-order valence-electron chi connectivity index (χ1n) is 9.70. The molecule has 0 aromatic heterocycles. The van der Waals surface area contributed by atoms with Crippen LogP contribution in [0.3, 0.4) is 0 Å². The van der Waals surface area contributed by atoms with Gasteiger partial charge in [0.05, 0.1) is 0 Å². The zero-order chi connectivity index (χ0) is 19.2. The van der Waals surface area contributed by atoms with Crippen LogP contribution in [-0.2, 0) is 4.74 Å². The number of fused-ring (bicyclic) bond motifs is 2. The molecule has 5 nitrogen and oxygen atoms in total. The van der Waals surface area contributed by atoms with Gasteiger partial charge in [0.1, 0.15) is 5.82 Å². The molecular formula is C20H28FN3O2S. The quantitative estimate of drug-likeness (QED) is 0.575. The average molecular weight is 394 g/mol. The summed E-state index contributed by atoms with van der Waals surface area (Å²) < 4.78 is 18.1. The fourth-order valence-electron chi connectivity index (χ4n) is 4.20. The fraction of sp³-hybridized carbons (Fsp3) is 0.600. The molecule has 2 aliphatic heterocycles. The Balaban J connectivity index is 1.56. The number of hydrogen-bond donors (Lipinski definition) is 2. The summed E-state index contributed by atoms with van der Waals surface area (Å²) in [6, 6.07) is 6.54. The Hall–Kier alpha value is -1.73. The Labute approximate surface area is 165 Å². The first-order chi connectivity index (χ1) is 13.1. The number of thiocarbonyl (C=S) groups is 1. The standard InChI is InChI=1S/C20H28FN3O2S/c1-26-11-3-10-22-20(27)24-17-4-2-5-18(24)13-16(12-17)23-19(25)14-6-8-15(21)9-7-14/h6-9,16-18H,2-5,10-13H2,1H3,(H,22,27)(H,23,25)/t16?,17-,18+. The van der Waals surface area contributed by atoms with Gasteiger partial charge in [0.15, 0.2) is 5.11 Å². The molecule has 3 rings (SSSR count). The van der Waals surface area contributed by atoms with Gasteiger partial charge in [-0.3, -0.25) is 4.79 Å². The van der Waals surface area contributed by atoms with E-state index in [1.807, 2.05) is 0 Å². The maximum atomic E-state index is 13.1. The molecule has 2 saturated heterocycles. The molecule has 27 heavy (non-hydrogen) atoms. The molecule has 148 valence electrons. The van der Waals surface area contributed by atoms with Crippen molar-refractivity contribution in [2.75, 3.05) is 20.3 Å². The number of carbonyl (C=O) groups excluding carboxylic acids is 1. The van der Waals surface area contributed by atoms with Crippen LogP contribution in [0.4, 0.5) is 4.39 Å². The predicted molar refractivity (Wildman–Crippen MR) is 107 cm³/mol. The van der Waals surface area contributed by atoms with Gasteiger partial charge in [-0.05, 0) is 75.0 Å². The van der Waals surface area contributed by atoms with E-state index in [1.54, 1.807) is 7.11 Å². The summed E-state index contributed by atoms with van der Waals surface area (Å²) in [5.41, 5.74) is 0.499. The minimum Gasteiger partial charge on any atom is -0.385 e. The number of amides is 1. The van der Waals surface area contributed by atoms with Crippen LogP contribution in [0, 0.1) is 5.82 Å². The van der Waals surface area contributed by atoms with Crippen molar-refractivity contribution in [1.82, 2.24) is 15.5 Å². The lowest BCUT2D eigenvalue weighted by atomic mass is 9.82. The summed E-state index contributed by atoms with van der Waals surface area (Å²) in [6.45, 7) is 1.54. The molecule has 1 unspecified atom stereocenters. The van der Waals surface area contributed by atoms with Gasteiger partial charge in [0.2, 0.25) is 0 Å². The SMILES string of the molecule is COCCCNC(=S)N1[C@@H]2CCC[C@H]1CC(NC(=O)c1ccc(F)cc1)C2. The molecule has 0 saturated carbocycles. The van der Waals surface area contributed by atoms with E-state index in [0.29, 0.717) is 17.6 Å². The largest absolute Gasteiger partial charge is 0.385 e. The summed E-state index contributed by atoms with van der Waals surface area (Å²) in [5.74, 6) is -0.465. The second kappa shape index (κ2) is 9.46. The number of nitrogens with zero attached hydrogens (tertiary/aromatic N) is 1. The molecule has 0 aliphatic carbocycles. The van der Waals surface area contributed by atoms with E-state index in [9.17, 15) is 9.18 Å². The molecule has 2 heterocycles. The molecule has 1 aromatic carbocycles. The molecule has 3 atom stereocenters. The zero-order valence-electron chi connectivity index (χ0n) is 15.7. The number of rotatable bonds is 6. The van der Waals surface area contributed by atoms with E-state index in [1.165, 1.54) is 30.7 Å². The molecule has 1 aromatic rings. The zero-order valence-corrected chi connectivity index (χ0v) is 16.6. The van der Waals surface area contributed by atoms with Crippen molar-refractivity contribution in [2.24, 2.45) is 0 Å². The van der Waals surface area contributed by atoms with Crippen molar-refractivity contribution >= 4 is 23.2 Å². The molecule has 2 bridgehead atoms. The van der Waals surface area contributed by atoms with E-state index in [2.05, 4.69) is 15.5 Å². The molecule has 0 spiro atoms. The third-order valence-corrected chi connectivity index (χ3v) is 5.81. The minimum atomic E-state index is -0.332. The van der Waals surface area contributed by atoms with E-state index in [-0.39, 0.29) is 17.8 Å². The normalized spacial score (nSPS) is 24.4. The fourth-order valence-corrected chi connectivity index (χ4v) is 4.60. The van der Waals surface area contributed by atoms with Gasteiger partial charge in [-0.15, -0.1) is 0 Å². The van der Waals surface area contributed by atoms with Crippen LogP contribution < -0.4 is 10.6 Å². The summed E-state index contributed by atoms with van der Waals surface area (Å²) in [5, 5.41) is 7.31. The Bertz CT molecular complexity index is 641. The molecule has 2 aliphatic rings. The maximum absolute atomic E-state index is 13.1. The van der Waals surface area contributed by atoms with Gasteiger partial charge in [0.25, 0.3) is 5.91 Å². The topological polar surface area (TPSA) is 53.6 Å². The number of piperidine rings is 2. The van der Waals surface area contributed by atoms with Crippen LogP contribution in [0.25, 0.3) is 0 Å². The highest BCUT2D eigenvalue weighted by Crippen LogP contribution is 2.34. The van der Waals surface area contributed by atoms with Crippen LogP contribution in [-0.4, -0.2) is 54.3 Å². The van der Waals surface area contributed by atoms with Gasteiger partial charge in [-0.25, -0.2) is 4.39 Å². The van der Waals surface area contributed by atoms with Gasteiger partial charge in [-0.1, -0.05) is 0 Å². The van der Waals surface area contributed by atoms with E-state index < -0.39 is 0 Å². The Morgan fingerprint density at radius 1 is 1.26 bits per heavy atom. The van der Waals surface area contributed by atoms with Crippen LogP contribution in [0.15, 0.2) is 24.3 Å². The van der Waals surface area contributed by atoms with Crippen molar-refractivity contribution in [1.29, 1.82) is 0 Å². The van der Waals surface area contributed by atoms with Crippen molar-refractivity contribution in [2.45, 2.75) is 56.7 Å². The first kappa shape index (κ1) is 20.0. The van der Waals surface area contributed by atoms with Gasteiger partial charge >= 0.3 is 0 Å². The highest BCUT2D eigenvalue weighted by molar-refractivity contribution is 7.80. The summed E-state index contributed by atoms with van der Waals surface area (Å²) in [6.07, 6.45) is 6.11. The number of halogens is 1. The van der Waals surface area contributed by atoms with Crippen LogP contribution >= 0.6 is 12.2 Å². The highest BCUT2D eigenvalue weighted by atomic mass is 32.1. The third kappa shape index (κ3) is 5.17. The molecule has 2 fully saturated rings. The number of benzene rings is 1. The number of carbonyl (C=O) groups is 1. The van der Waals surface area contributed by atoms with E-state index >= 15 is 0 Å². The second-order valence-corrected chi connectivity index (χ2v) is 7.76. The second-order valence-electron chi connectivity index (χ2n) is 7.37. The van der Waals surface area contributed by atoms with Crippen molar-refractivity contribution in [3.63, 3.8) is 0 Å². The van der Waals surface area contributed by atoms with Gasteiger partial charge in [-0.2, -0.15) is 0 Å². The number of methoxy groups -OCH3 is 1. The van der Waals surface area contributed by atoms with Crippen molar-refractivity contribution in [3.8, 4) is 0 Å². The Morgan fingerprint density at radius 2 is 1.93 bits per heavy atom. The maximum Gasteiger partial charge on any atom is 0.251 e. The lowest BCUT2D eigenvalue weighted by Crippen LogP contribution is -2.60. The van der Waals surface area contributed by atoms with Gasteiger partial charge in [0, 0.05) is 44.0 Å². The molecule has 2 N–H and O–H groups in total. The first-order valence-corrected chi connectivity index (χ1v) is 10.1. The highest BCUT2D eigenvalue weighted by Gasteiger charge is 2.39. The Kier molecular flexibility index (Phi) is 7.01. The number of hydrogen-bond acceptors (Lipinski definition) is 3. The lowest BCUT2D eigenvalue weighted by molar-refractivity contribution is 0.0739. The Morgan fingerprint density at radius 3 is 2.56 bits per heavy atom. The molecule has 7 heteroatoms. The molecule has 0 radical (unpaired) electrons. The number of nitrogens with one attached hydrogen (secondary N) is 2. The summed E-state index contributed by atoms with van der Waals surface area (Å²) in [4.78, 5) is 14.8. The van der Waals surface area contributed by atoms with E-state index in [4.69, 9.17) is 17.0 Å². The minimum absolute atomic E-state index is 0.130.